The molecule has 1 saturated heterocycles. The Morgan fingerprint density at radius 3 is 2.21 bits per heavy atom. The molecule has 0 amide bonds. The molecule has 0 unspecified atom stereocenters. The Kier molecular flexibility index (Phi) is 8.31. The normalized spacial score (nSPS) is 21.1. The number of aryl methyl sites for hydroxylation is 1. The van der Waals surface area contributed by atoms with E-state index in [9.17, 15) is 8.42 Å². The van der Waals surface area contributed by atoms with Gasteiger partial charge in [0.25, 0.3) is 0 Å². The third kappa shape index (κ3) is 7.03. The molecule has 5 nitrogen and oxygen atoms in total. The summed E-state index contributed by atoms with van der Waals surface area (Å²) in [4.78, 5) is 6.95. The molecule has 2 heterocycles. The van der Waals surface area contributed by atoms with E-state index < -0.39 is 14.6 Å². The van der Waals surface area contributed by atoms with Crippen molar-refractivity contribution >= 4 is 15.7 Å². The van der Waals surface area contributed by atoms with Crippen LogP contribution in [-0.2, 0) is 21.0 Å². The molecule has 0 aliphatic carbocycles. The van der Waals surface area contributed by atoms with Gasteiger partial charge < -0.3 is 9.64 Å². The molecule has 1 fully saturated rings. The molecule has 28 heavy (non-hydrogen) atoms. The molecule has 2 rings (SSSR count). The maximum atomic E-state index is 12.1. The van der Waals surface area contributed by atoms with Crippen LogP contribution in [0.25, 0.3) is 0 Å². The van der Waals surface area contributed by atoms with E-state index in [1.54, 1.807) is 20.8 Å². The first-order chi connectivity index (χ1) is 13.1. The third-order valence-electron chi connectivity index (χ3n) is 5.36. The fourth-order valence-electron chi connectivity index (χ4n) is 3.57. The minimum atomic E-state index is -2.97. The predicted molar refractivity (Wildman–Crippen MR) is 117 cm³/mol. The quantitative estimate of drug-likeness (QED) is 0.565. The van der Waals surface area contributed by atoms with Crippen LogP contribution in [0, 0.1) is 0 Å². The zero-order chi connectivity index (χ0) is 20.8. The second kappa shape index (κ2) is 10.1. The number of aromatic nitrogens is 1. The van der Waals surface area contributed by atoms with E-state index in [0.717, 1.165) is 57.4 Å². The number of nitrogens with zero attached hydrogens (tertiary/aromatic N) is 2. The smallest absolute Gasteiger partial charge is 0.155 e. The van der Waals surface area contributed by atoms with Crippen LogP contribution in [0.3, 0.4) is 0 Å². The van der Waals surface area contributed by atoms with Crippen molar-refractivity contribution in [1.29, 1.82) is 0 Å². The van der Waals surface area contributed by atoms with E-state index in [2.05, 4.69) is 35.9 Å². The van der Waals surface area contributed by atoms with E-state index in [0.29, 0.717) is 5.75 Å². The van der Waals surface area contributed by atoms with Crippen molar-refractivity contribution in [2.75, 3.05) is 23.7 Å². The molecule has 0 N–H and O–H groups in total. The summed E-state index contributed by atoms with van der Waals surface area (Å²) >= 11 is 0. The summed E-state index contributed by atoms with van der Waals surface area (Å²) < 4.78 is 29.3. The van der Waals surface area contributed by atoms with E-state index in [1.807, 2.05) is 6.20 Å². The molecule has 0 bridgehead atoms. The lowest BCUT2D eigenvalue weighted by Crippen LogP contribution is -2.45. The van der Waals surface area contributed by atoms with Crippen LogP contribution in [0.2, 0.25) is 0 Å². The van der Waals surface area contributed by atoms with Crippen LogP contribution in [0.4, 0.5) is 5.82 Å². The number of pyridine rings is 1. The predicted octanol–water partition coefficient (Wildman–Crippen LogP) is 4.40. The van der Waals surface area contributed by atoms with Crippen molar-refractivity contribution in [2.45, 2.75) is 90.1 Å². The molecule has 0 aromatic carbocycles. The minimum Gasteiger partial charge on any atom is -0.372 e. The Bertz CT molecular complexity index is 685. The number of rotatable bonds is 9. The first-order valence-electron chi connectivity index (χ1n) is 10.7. The van der Waals surface area contributed by atoms with Crippen molar-refractivity contribution < 1.29 is 13.2 Å². The van der Waals surface area contributed by atoms with Crippen molar-refractivity contribution in [2.24, 2.45) is 0 Å². The van der Waals surface area contributed by atoms with Crippen molar-refractivity contribution in [3.05, 3.63) is 23.9 Å². The molecular weight excluding hydrogens is 372 g/mol. The summed E-state index contributed by atoms with van der Waals surface area (Å²) in [5, 5.41) is 0. The summed E-state index contributed by atoms with van der Waals surface area (Å²) in [5.74, 6) is 1.34. The average Bonchev–Trinajstić information content (AvgIpc) is 2.59. The van der Waals surface area contributed by atoms with Gasteiger partial charge in [0.2, 0.25) is 0 Å². The highest BCUT2D eigenvalue weighted by Crippen LogP contribution is 2.20. The molecule has 0 saturated carbocycles. The fraction of sp³-hybridized carbons (Fsp3) is 0.773. The standard InChI is InChI=1S/C22H38N2O3S/c1-18-16-24(17-19(2)27-18)21-13-12-20(15-23-21)11-9-7-6-8-10-14-28(25,26)22(3,4)5/h12-13,15,18-19H,6-11,14,16-17H2,1-5H3/t18-,19-/m1/s1. The number of hydrogen-bond acceptors (Lipinski definition) is 5. The molecule has 1 aromatic rings. The molecule has 160 valence electrons. The van der Waals surface area contributed by atoms with Gasteiger partial charge in [0.05, 0.1) is 22.7 Å². The third-order valence-corrected chi connectivity index (χ3v) is 8.06. The zero-order valence-electron chi connectivity index (χ0n) is 18.3. The minimum absolute atomic E-state index is 0.239. The lowest BCUT2D eigenvalue weighted by Gasteiger charge is -2.36. The van der Waals surface area contributed by atoms with Crippen molar-refractivity contribution in [3.8, 4) is 0 Å². The molecule has 0 radical (unpaired) electrons. The summed E-state index contributed by atoms with van der Waals surface area (Å²) in [6, 6.07) is 4.31. The lowest BCUT2D eigenvalue weighted by atomic mass is 10.1. The Morgan fingerprint density at radius 1 is 1.04 bits per heavy atom. The van der Waals surface area contributed by atoms with Gasteiger partial charge in [0, 0.05) is 19.3 Å². The van der Waals surface area contributed by atoms with Gasteiger partial charge >= 0.3 is 0 Å². The van der Waals surface area contributed by atoms with E-state index >= 15 is 0 Å². The Labute approximate surface area is 171 Å². The summed E-state index contributed by atoms with van der Waals surface area (Å²) in [7, 11) is -2.97. The molecule has 1 aliphatic rings. The van der Waals surface area contributed by atoms with Crippen molar-refractivity contribution in [1.82, 2.24) is 4.98 Å². The van der Waals surface area contributed by atoms with E-state index in [-0.39, 0.29) is 12.2 Å². The zero-order valence-corrected chi connectivity index (χ0v) is 19.1. The van der Waals surface area contributed by atoms with Gasteiger partial charge in [-0.2, -0.15) is 0 Å². The van der Waals surface area contributed by atoms with Gasteiger partial charge in [-0.05, 0) is 65.5 Å². The average molecular weight is 411 g/mol. The van der Waals surface area contributed by atoms with Crippen LogP contribution in [0.1, 0.15) is 72.3 Å². The lowest BCUT2D eigenvalue weighted by molar-refractivity contribution is -0.00546. The van der Waals surface area contributed by atoms with Crippen LogP contribution < -0.4 is 4.90 Å². The van der Waals surface area contributed by atoms with Crippen LogP contribution in [0.5, 0.6) is 0 Å². The number of hydrogen-bond donors (Lipinski definition) is 0. The summed E-state index contributed by atoms with van der Waals surface area (Å²) in [6.07, 6.45) is 8.61. The van der Waals surface area contributed by atoms with Gasteiger partial charge in [0.15, 0.2) is 9.84 Å². The van der Waals surface area contributed by atoms with Gasteiger partial charge in [-0.1, -0.05) is 25.3 Å². The number of morpholine rings is 1. The molecule has 0 spiro atoms. The molecule has 1 aliphatic heterocycles. The first kappa shape index (κ1) is 23.1. The van der Waals surface area contributed by atoms with Crippen LogP contribution in [-0.4, -0.2) is 49.2 Å². The maximum absolute atomic E-state index is 12.1. The SMILES string of the molecule is C[C@@H]1CN(c2ccc(CCCCCCCS(=O)(=O)C(C)(C)C)cn2)C[C@@H](C)O1. The van der Waals surface area contributed by atoms with Gasteiger partial charge in [-0.25, -0.2) is 13.4 Å². The van der Waals surface area contributed by atoms with Gasteiger partial charge in [-0.15, -0.1) is 0 Å². The maximum Gasteiger partial charge on any atom is 0.155 e. The number of sulfone groups is 1. The van der Waals surface area contributed by atoms with Crippen LogP contribution >= 0.6 is 0 Å². The van der Waals surface area contributed by atoms with Gasteiger partial charge in [-0.3, -0.25) is 0 Å². The highest BCUT2D eigenvalue weighted by molar-refractivity contribution is 7.92. The number of ether oxygens (including phenoxy) is 1. The largest absolute Gasteiger partial charge is 0.372 e. The second-order valence-corrected chi connectivity index (χ2v) is 12.0. The molecule has 2 atom stereocenters. The highest BCUT2D eigenvalue weighted by atomic mass is 32.2. The first-order valence-corrected chi connectivity index (χ1v) is 12.3. The molecular formula is C22H38N2O3S. The molecule has 6 heteroatoms. The van der Waals surface area contributed by atoms with Gasteiger partial charge in [0.1, 0.15) is 5.82 Å². The summed E-state index contributed by atoms with van der Waals surface area (Å²) in [5.41, 5.74) is 1.27. The fourth-order valence-corrected chi connectivity index (χ4v) is 4.77. The Morgan fingerprint density at radius 2 is 1.64 bits per heavy atom. The second-order valence-electron chi connectivity index (χ2n) is 9.14. The van der Waals surface area contributed by atoms with E-state index in [4.69, 9.17) is 4.74 Å². The van der Waals surface area contributed by atoms with Crippen LogP contribution in [0.15, 0.2) is 18.3 Å². The van der Waals surface area contributed by atoms with E-state index in [1.165, 1.54) is 5.56 Å². The molecule has 1 aromatic heterocycles. The summed E-state index contributed by atoms with van der Waals surface area (Å²) in [6.45, 7) is 11.3. The topological polar surface area (TPSA) is 59.5 Å². The number of unbranched alkanes of at least 4 members (excludes halogenated alkanes) is 4. The van der Waals surface area contributed by atoms with Crippen molar-refractivity contribution in [3.63, 3.8) is 0 Å². The Balaban J connectivity index is 1.65. The monoisotopic (exact) mass is 410 g/mol. The highest BCUT2D eigenvalue weighted by Gasteiger charge is 2.28. The number of anilines is 1. The Hall–Kier alpha value is -1.14.